The van der Waals surface area contributed by atoms with Gasteiger partial charge in [0.2, 0.25) is 0 Å². The van der Waals surface area contributed by atoms with Crippen LogP contribution in [0.3, 0.4) is 0 Å². The Hall–Kier alpha value is -0.840. The molecule has 20 heavy (non-hydrogen) atoms. The van der Waals surface area contributed by atoms with E-state index in [1.807, 2.05) is 30.3 Å². The van der Waals surface area contributed by atoms with Crippen molar-refractivity contribution in [2.75, 3.05) is 51.3 Å². The average Bonchev–Trinajstić information content (AvgIpc) is 2.49. The van der Waals surface area contributed by atoms with Crippen LogP contribution in [-0.2, 0) is 0 Å². The van der Waals surface area contributed by atoms with Gasteiger partial charge in [0.25, 0.3) is 0 Å². The van der Waals surface area contributed by atoms with Crippen molar-refractivity contribution in [1.29, 1.82) is 0 Å². The van der Waals surface area contributed by atoms with E-state index in [2.05, 4.69) is 16.8 Å². The first-order valence-electron chi connectivity index (χ1n) is 7.32. The molecule has 0 spiro atoms. The molecule has 0 aliphatic carbocycles. The summed E-state index contributed by atoms with van der Waals surface area (Å²) in [7, 11) is 2.18. The maximum Gasteiger partial charge on any atom is 0.172 e. The lowest BCUT2D eigenvalue weighted by molar-refractivity contribution is 0.102. The van der Waals surface area contributed by atoms with E-state index in [1.54, 1.807) is 11.8 Å². The van der Waals surface area contributed by atoms with Gasteiger partial charge in [-0.3, -0.25) is 4.79 Å². The standard InChI is InChI=1S/C16H24N2OS/c1-17-9-11-18(12-10-17)8-5-13-20-14-16(19)15-6-3-2-4-7-15/h2-4,6-7H,5,8-14H2,1H3. The highest BCUT2D eigenvalue weighted by Gasteiger charge is 2.12. The van der Waals surface area contributed by atoms with Gasteiger partial charge in [-0.25, -0.2) is 0 Å². The topological polar surface area (TPSA) is 23.6 Å². The Morgan fingerprint density at radius 1 is 1.15 bits per heavy atom. The van der Waals surface area contributed by atoms with Crippen LogP contribution in [0, 0.1) is 0 Å². The van der Waals surface area contributed by atoms with Gasteiger partial charge in [0.15, 0.2) is 5.78 Å². The predicted molar refractivity (Wildman–Crippen MR) is 86.7 cm³/mol. The van der Waals surface area contributed by atoms with Crippen LogP contribution in [0.1, 0.15) is 16.8 Å². The number of carbonyl (C=O) groups is 1. The van der Waals surface area contributed by atoms with Crippen LogP contribution in [0.25, 0.3) is 0 Å². The molecule has 0 unspecified atom stereocenters. The van der Waals surface area contributed by atoms with Crippen LogP contribution in [0.5, 0.6) is 0 Å². The molecule has 0 aromatic heterocycles. The molecular formula is C16H24N2OS. The van der Waals surface area contributed by atoms with Crippen molar-refractivity contribution in [2.45, 2.75) is 6.42 Å². The monoisotopic (exact) mass is 292 g/mol. The van der Waals surface area contributed by atoms with Crippen molar-refractivity contribution in [3.8, 4) is 0 Å². The number of ketones is 1. The number of thioether (sulfide) groups is 1. The van der Waals surface area contributed by atoms with Gasteiger partial charge < -0.3 is 9.80 Å². The van der Waals surface area contributed by atoms with Gasteiger partial charge in [-0.1, -0.05) is 30.3 Å². The van der Waals surface area contributed by atoms with Gasteiger partial charge in [0.05, 0.1) is 5.75 Å². The fraction of sp³-hybridized carbons (Fsp3) is 0.562. The van der Waals surface area contributed by atoms with Crippen LogP contribution in [0.2, 0.25) is 0 Å². The van der Waals surface area contributed by atoms with E-state index in [9.17, 15) is 4.79 Å². The normalized spacial score (nSPS) is 17.2. The quantitative estimate of drug-likeness (QED) is 0.568. The van der Waals surface area contributed by atoms with Crippen molar-refractivity contribution < 1.29 is 4.79 Å². The summed E-state index contributed by atoms with van der Waals surface area (Å²) in [6.07, 6.45) is 1.18. The molecule has 0 atom stereocenters. The molecule has 1 fully saturated rings. The first-order chi connectivity index (χ1) is 9.75. The minimum absolute atomic E-state index is 0.246. The number of Topliss-reactive ketones (excluding diaryl/α,β-unsaturated/α-hetero) is 1. The predicted octanol–water partition coefficient (Wildman–Crippen LogP) is 2.24. The molecular weight excluding hydrogens is 268 g/mol. The third-order valence-corrected chi connectivity index (χ3v) is 4.73. The molecule has 110 valence electrons. The highest BCUT2D eigenvalue weighted by atomic mass is 32.2. The lowest BCUT2D eigenvalue weighted by atomic mass is 10.2. The molecule has 0 N–H and O–H groups in total. The number of carbonyl (C=O) groups excluding carboxylic acids is 1. The summed E-state index contributed by atoms with van der Waals surface area (Å²) >= 11 is 1.76. The zero-order valence-corrected chi connectivity index (χ0v) is 13.1. The lowest BCUT2D eigenvalue weighted by Crippen LogP contribution is -2.44. The zero-order valence-electron chi connectivity index (χ0n) is 12.3. The number of hydrogen-bond acceptors (Lipinski definition) is 4. The second kappa shape index (κ2) is 8.45. The zero-order chi connectivity index (χ0) is 14.2. The Labute approximate surface area is 126 Å². The van der Waals surface area contributed by atoms with Crippen molar-refractivity contribution in [1.82, 2.24) is 9.80 Å². The van der Waals surface area contributed by atoms with Crippen LogP contribution in [0.4, 0.5) is 0 Å². The van der Waals surface area contributed by atoms with E-state index in [1.165, 1.54) is 39.1 Å². The fourth-order valence-electron chi connectivity index (χ4n) is 2.33. The Morgan fingerprint density at radius 3 is 2.55 bits per heavy atom. The van der Waals surface area contributed by atoms with Gasteiger partial charge in [0, 0.05) is 31.7 Å². The third kappa shape index (κ3) is 5.27. The number of piperazine rings is 1. The van der Waals surface area contributed by atoms with Gasteiger partial charge in [-0.2, -0.15) is 11.8 Å². The summed E-state index contributed by atoms with van der Waals surface area (Å²) in [6.45, 7) is 5.90. The van der Waals surface area contributed by atoms with Crippen LogP contribution in [-0.4, -0.2) is 66.9 Å². The summed E-state index contributed by atoms with van der Waals surface area (Å²) in [5, 5.41) is 0. The van der Waals surface area contributed by atoms with Crippen LogP contribution < -0.4 is 0 Å². The molecule has 0 bridgehead atoms. The molecule has 0 amide bonds. The van der Waals surface area contributed by atoms with E-state index in [-0.39, 0.29) is 5.78 Å². The smallest absolute Gasteiger partial charge is 0.172 e. The Balaban J connectivity index is 1.55. The molecule has 0 saturated carbocycles. The third-order valence-electron chi connectivity index (χ3n) is 3.69. The Morgan fingerprint density at radius 2 is 1.85 bits per heavy atom. The molecule has 0 radical (unpaired) electrons. The highest BCUT2D eigenvalue weighted by Crippen LogP contribution is 2.09. The van der Waals surface area contributed by atoms with Crippen LogP contribution >= 0.6 is 11.8 Å². The maximum atomic E-state index is 11.9. The Kier molecular flexibility index (Phi) is 6.57. The fourth-order valence-corrected chi connectivity index (χ4v) is 3.16. The molecule has 3 nitrogen and oxygen atoms in total. The molecule has 1 aromatic carbocycles. The van der Waals surface area contributed by atoms with E-state index in [0.29, 0.717) is 5.75 Å². The Bertz CT molecular complexity index is 402. The van der Waals surface area contributed by atoms with Gasteiger partial charge >= 0.3 is 0 Å². The summed E-state index contributed by atoms with van der Waals surface area (Å²) in [4.78, 5) is 16.8. The van der Waals surface area contributed by atoms with E-state index < -0.39 is 0 Å². The summed E-state index contributed by atoms with van der Waals surface area (Å²) in [5.74, 6) is 1.92. The second-order valence-electron chi connectivity index (χ2n) is 5.34. The molecule has 1 aliphatic rings. The first-order valence-corrected chi connectivity index (χ1v) is 8.48. The second-order valence-corrected chi connectivity index (χ2v) is 6.45. The highest BCUT2D eigenvalue weighted by molar-refractivity contribution is 7.99. The minimum Gasteiger partial charge on any atom is -0.304 e. The maximum absolute atomic E-state index is 11.9. The number of rotatable bonds is 7. The first kappa shape index (κ1) is 15.5. The molecule has 4 heteroatoms. The van der Waals surface area contributed by atoms with Crippen molar-refractivity contribution >= 4 is 17.5 Å². The van der Waals surface area contributed by atoms with E-state index in [0.717, 1.165) is 11.3 Å². The van der Waals surface area contributed by atoms with Crippen LogP contribution in [0.15, 0.2) is 30.3 Å². The summed E-state index contributed by atoms with van der Waals surface area (Å²) in [6, 6.07) is 9.58. The number of hydrogen-bond donors (Lipinski definition) is 0. The van der Waals surface area contributed by atoms with Gasteiger partial charge in [0.1, 0.15) is 0 Å². The number of likely N-dealkylation sites (N-methyl/N-ethyl adjacent to an activating group) is 1. The van der Waals surface area contributed by atoms with E-state index in [4.69, 9.17) is 0 Å². The molecule has 2 rings (SSSR count). The van der Waals surface area contributed by atoms with Crippen molar-refractivity contribution in [3.63, 3.8) is 0 Å². The van der Waals surface area contributed by atoms with Gasteiger partial charge in [-0.15, -0.1) is 0 Å². The molecule has 1 saturated heterocycles. The number of nitrogens with zero attached hydrogens (tertiary/aromatic N) is 2. The van der Waals surface area contributed by atoms with Crippen molar-refractivity contribution in [3.05, 3.63) is 35.9 Å². The molecule has 1 aromatic rings. The van der Waals surface area contributed by atoms with Gasteiger partial charge in [-0.05, 0) is 25.8 Å². The molecule has 1 heterocycles. The largest absolute Gasteiger partial charge is 0.304 e. The summed E-state index contributed by atoms with van der Waals surface area (Å²) in [5.41, 5.74) is 0.832. The summed E-state index contributed by atoms with van der Waals surface area (Å²) < 4.78 is 0. The lowest BCUT2D eigenvalue weighted by Gasteiger charge is -2.32. The average molecular weight is 292 g/mol. The number of benzene rings is 1. The van der Waals surface area contributed by atoms with E-state index >= 15 is 0 Å². The van der Waals surface area contributed by atoms with Crippen molar-refractivity contribution in [2.24, 2.45) is 0 Å². The minimum atomic E-state index is 0.246. The molecule has 1 aliphatic heterocycles. The SMILES string of the molecule is CN1CCN(CCCSCC(=O)c2ccccc2)CC1.